The van der Waals surface area contributed by atoms with Crippen LogP contribution in [0.3, 0.4) is 0 Å². The van der Waals surface area contributed by atoms with Crippen LogP contribution >= 0.6 is 11.6 Å². The highest BCUT2D eigenvalue weighted by molar-refractivity contribution is 6.35. The normalized spacial score (nSPS) is 10.2. The van der Waals surface area contributed by atoms with E-state index in [1.54, 1.807) is 18.3 Å². The molecule has 0 amide bonds. The molecule has 1 heterocycles. The summed E-state index contributed by atoms with van der Waals surface area (Å²) in [7, 11) is 0. The second-order valence-electron chi connectivity index (χ2n) is 2.57. The van der Waals surface area contributed by atoms with Crippen molar-refractivity contribution in [1.82, 2.24) is 10.2 Å². The zero-order chi connectivity index (χ0) is 9.26. The van der Waals surface area contributed by atoms with Gasteiger partial charge in [-0.3, -0.25) is 4.79 Å². The molecule has 4 heteroatoms. The molecule has 1 aromatic carbocycles. The molecule has 2 rings (SSSR count). The molecule has 64 valence electrons. The highest BCUT2D eigenvalue weighted by Crippen LogP contribution is 2.23. The maximum absolute atomic E-state index is 10.6. The summed E-state index contributed by atoms with van der Waals surface area (Å²) < 4.78 is 0. The largest absolute Gasteiger partial charge is 0.298 e. The molecule has 0 aliphatic carbocycles. The van der Waals surface area contributed by atoms with Crippen LogP contribution in [0.25, 0.3) is 10.8 Å². The molecule has 0 spiro atoms. The van der Waals surface area contributed by atoms with Gasteiger partial charge in [0.2, 0.25) is 0 Å². The number of benzene rings is 1. The summed E-state index contributed by atoms with van der Waals surface area (Å²) in [6.45, 7) is 0. The Morgan fingerprint density at radius 2 is 1.85 bits per heavy atom. The second-order valence-corrected chi connectivity index (χ2v) is 2.98. The number of aldehydes is 1. The van der Waals surface area contributed by atoms with Gasteiger partial charge in [0, 0.05) is 16.3 Å². The van der Waals surface area contributed by atoms with Gasteiger partial charge in [0.05, 0.1) is 17.4 Å². The quantitative estimate of drug-likeness (QED) is 0.650. The predicted molar refractivity (Wildman–Crippen MR) is 49.9 cm³/mol. The summed E-state index contributed by atoms with van der Waals surface area (Å²) in [6.07, 6.45) is 3.86. The smallest absolute Gasteiger partial charge is 0.150 e. The fourth-order valence-corrected chi connectivity index (χ4v) is 1.40. The van der Waals surface area contributed by atoms with Gasteiger partial charge in [-0.25, -0.2) is 0 Å². The molecule has 0 atom stereocenters. The lowest BCUT2D eigenvalue weighted by Gasteiger charge is -2.00. The van der Waals surface area contributed by atoms with Gasteiger partial charge in [-0.2, -0.15) is 10.2 Å². The molecule has 1 aromatic heterocycles. The van der Waals surface area contributed by atoms with Crippen molar-refractivity contribution in [3.8, 4) is 0 Å². The van der Waals surface area contributed by atoms with Crippen molar-refractivity contribution >= 4 is 28.7 Å². The summed E-state index contributed by atoms with van der Waals surface area (Å²) in [5.41, 5.74) is 0.578. The first-order chi connectivity index (χ1) is 6.33. The van der Waals surface area contributed by atoms with Crippen molar-refractivity contribution in [3.63, 3.8) is 0 Å². The summed E-state index contributed by atoms with van der Waals surface area (Å²) in [6, 6.07) is 3.34. The highest BCUT2D eigenvalue weighted by Gasteiger charge is 2.03. The van der Waals surface area contributed by atoms with Crippen molar-refractivity contribution in [2.75, 3.05) is 0 Å². The average Bonchev–Trinajstić information content (AvgIpc) is 2.19. The third kappa shape index (κ3) is 1.27. The first kappa shape index (κ1) is 8.13. The lowest BCUT2D eigenvalue weighted by Crippen LogP contribution is -1.87. The Balaban J connectivity index is 2.92. The van der Waals surface area contributed by atoms with Gasteiger partial charge in [-0.15, -0.1) is 0 Å². The number of hydrogen-bond donors (Lipinski definition) is 0. The Hall–Kier alpha value is -1.48. The zero-order valence-corrected chi connectivity index (χ0v) is 7.32. The Kier molecular flexibility index (Phi) is 1.94. The Morgan fingerprint density at radius 1 is 1.15 bits per heavy atom. The maximum Gasteiger partial charge on any atom is 0.150 e. The average molecular weight is 193 g/mol. The van der Waals surface area contributed by atoms with Gasteiger partial charge in [0.15, 0.2) is 6.29 Å². The number of carbonyl (C=O) groups excluding carboxylic acids is 1. The van der Waals surface area contributed by atoms with Crippen LogP contribution < -0.4 is 0 Å². The number of halogens is 1. The van der Waals surface area contributed by atoms with Crippen LogP contribution in [-0.4, -0.2) is 16.5 Å². The third-order valence-corrected chi connectivity index (χ3v) is 2.16. The number of aromatic nitrogens is 2. The topological polar surface area (TPSA) is 42.9 Å². The van der Waals surface area contributed by atoms with Crippen molar-refractivity contribution in [1.29, 1.82) is 0 Å². The Bertz CT molecular complexity index is 470. The molecule has 0 aliphatic rings. The lowest BCUT2D eigenvalue weighted by atomic mass is 10.1. The van der Waals surface area contributed by atoms with E-state index in [0.717, 1.165) is 17.1 Å². The van der Waals surface area contributed by atoms with E-state index in [9.17, 15) is 4.79 Å². The van der Waals surface area contributed by atoms with E-state index < -0.39 is 0 Å². The standard InChI is InChI=1S/C9H5ClN2O/c10-9-2-1-6(5-13)7-3-11-12-4-8(7)9/h1-5H. The summed E-state index contributed by atoms with van der Waals surface area (Å²) in [5, 5.41) is 9.46. The van der Waals surface area contributed by atoms with Crippen LogP contribution in [0, 0.1) is 0 Å². The molecule has 13 heavy (non-hydrogen) atoms. The van der Waals surface area contributed by atoms with E-state index in [1.807, 2.05) is 0 Å². The molecule has 0 radical (unpaired) electrons. The molecule has 2 aromatic rings. The SMILES string of the molecule is O=Cc1ccc(Cl)c2cnncc12. The van der Waals surface area contributed by atoms with Crippen molar-refractivity contribution in [2.45, 2.75) is 0 Å². The van der Waals surface area contributed by atoms with Crippen molar-refractivity contribution < 1.29 is 4.79 Å². The van der Waals surface area contributed by atoms with Gasteiger partial charge < -0.3 is 0 Å². The fourth-order valence-electron chi connectivity index (χ4n) is 1.19. The van der Waals surface area contributed by atoms with Gasteiger partial charge in [-0.1, -0.05) is 11.6 Å². The summed E-state index contributed by atoms with van der Waals surface area (Å²) in [4.78, 5) is 10.6. The minimum Gasteiger partial charge on any atom is -0.298 e. The first-order valence-corrected chi connectivity index (χ1v) is 4.05. The Morgan fingerprint density at radius 3 is 2.54 bits per heavy atom. The summed E-state index contributed by atoms with van der Waals surface area (Å²) >= 11 is 5.90. The number of carbonyl (C=O) groups is 1. The van der Waals surface area contributed by atoms with E-state index in [0.29, 0.717) is 10.6 Å². The van der Waals surface area contributed by atoms with Crippen LogP contribution in [0.2, 0.25) is 5.02 Å². The molecule has 0 N–H and O–H groups in total. The monoisotopic (exact) mass is 192 g/mol. The lowest BCUT2D eigenvalue weighted by molar-refractivity contribution is 0.112. The van der Waals surface area contributed by atoms with Gasteiger partial charge in [0.25, 0.3) is 0 Å². The van der Waals surface area contributed by atoms with E-state index in [4.69, 9.17) is 11.6 Å². The van der Waals surface area contributed by atoms with E-state index in [1.165, 1.54) is 6.20 Å². The molecule has 0 saturated heterocycles. The Labute approximate surface area is 79.4 Å². The first-order valence-electron chi connectivity index (χ1n) is 3.67. The van der Waals surface area contributed by atoms with Crippen LogP contribution in [0.15, 0.2) is 24.5 Å². The number of rotatable bonds is 1. The fraction of sp³-hybridized carbons (Fsp3) is 0. The van der Waals surface area contributed by atoms with Crippen LogP contribution in [0.5, 0.6) is 0 Å². The molecular weight excluding hydrogens is 188 g/mol. The van der Waals surface area contributed by atoms with Crippen LogP contribution in [0.1, 0.15) is 10.4 Å². The van der Waals surface area contributed by atoms with E-state index >= 15 is 0 Å². The van der Waals surface area contributed by atoms with Gasteiger partial charge >= 0.3 is 0 Å². The van der Waals surface area contributed by atoms with Gasteiger partial charge in [-0.05, 0) is 12.1 Å². The molecule has 0 aliphatic heterocycles. The predicted octanol–water partition coefficient (Wildman–Crippen LogP) is 2.10. The second kappa shape index (κ2) is 3.11. The number of hydrogen-bond acceptors (Lipinski definition) is 3. The molecule has 0 unspecified atom stereocenters. The molecule has 0 saturated carbocycles. The minimum atomic E-state index is 0.578. The van der Waals surface area contributed by atoms with Crippen LogP contribution in [0.4, 0.5) is 0 Å². The summed E-state index contributed by atoms with van der Waals surface area (Å²) in [5.74, 6) is 0. The molecular formula is C9H5ClN2O. The molecule has 0 bridgehead atoms. The number of fused-ring (bicyclic) bond motifs is 1. The van der Waals surface area contributed by atoms with E-state index in [2.05, 4.69) is 10.2 Å². The number of nitrogens with zero attached hydrogens (tertiary/aromatic N) is 2. The van der Waals surface area contributed by atoms with Gasteiger partial charge in [0.1, 0.15) is 0 Å². The van der Waals surface area contributed by atoms with E-state index in [-0.39, 0.29) is 0 Å². The van der Waals surface area contributed by atoms with Crippen molar-refractivity contribution in [2.24, 2.45) is 0 Å². The van der Waals surface area contributed by atoms with Crippen molar-refractivity contribution in [3.05, 3.63) is 35.1 Å². The third-order valence-electron chi connectivity index (χ3n) is 1.83. The molecule has 3 nitrogen and oxygen atoms in total. The zero-order valence-electron chi connectivity index (χ0n) is 6.57. The highest BCUT2D eigenvalue weighted by atomic mass is 35.5. The maximum atomic E-state index is 10.6. The minimum absolute atomic E-state index is 0.578. The molecule has 0 fully saturated rings. The van der Waals surface area contributed by atoms with Crippen LogP contribution in [-0.2, 0) is 0 Å².